The van der Waals surface area contributed by atoms with E-state index in [0.29, 0.717) is 21.9 Å². The van der Waals surface area contributed by atoms with Crippen molar-refractivity contribution in [2.75, 3.05) is 0 Å². The first-order chi connectivity index (χ1) is 12.0. The van der Waals surface area contributed by atoms with Crippen molar-refractivity contribution in [3.63, 3.8) is 0 Å². The molecular weight excluding hydrogens is 354 g/mol. The van der Waals surface area contributed by atoms with Crippen LogP contribution in [0.3, 0.4) is 0 Å². The minimum atomic E-state index is -3.84. The molecule has 5 heteroatoms. The molecule has 0 unspecified atom stereocenters. The lowest BCUT2D eigenvalue weighted by atomic mass is 10.0. The zero-order chi connectivity index (χ0) is 17.9. The molecular formula is C20H16ClNO2S. The number of rotatable bonds is 4. The van der Waals surface area contributed by atoms with Gasteiger partial charge in [0.1, 0.15) is 0 Å². The Morgan fingerprint density at radius 3 is 2.12 bits per heavy atom. The first-order valence-electron chi connectivity index (χ1n) is 7.69. The van der Waals surface area contributed by atoms with E-state index in [0.717, 1.165) is 5.56 Å². The van der Waals surface area contributed by atoms with Gasteiger partial charge in [-0.2, -0.15) is 12.8 Å². The average Bonchev–Trinajstić information content (AvgIpc) is 2.61. The molecule has 0 saturated carbocycles. The summed E-state index contributed by atoms with van der Waals surface area (Å²) >= 11 is 6.08. The molecule has 0 spiro atoms. The van der Waals surface area contributed by atoms with Gasteiger partial charge in [0.15, 0.2) is 0 Å². The van der Waals surface area contributed by atoms with Crippen LogP contribution in [0.15, 0.2) is 88.2 Å². The standard InChI is InChI=1S/C20H16ClNO2S/c1-15-10-12-19(13-11-15)25(23,24)22-20(16-6-3-2-4-7-16)17-8-5-9-18(21)14-17/h2-14H,1H3/b22-20-. The number of nitrogens with zero attached hydrogens (tertiary/aromatic N) is 1. The van der Waals surface area contributed by atoms with Gasteiger partial charge in [-0.25, -0.2) is 0 Å². The van der Waals surface area contributed by atoms with E-state index in [1.165, 1.54) is 0 Å². The Labute approximate surface area is 152 Å². The van der Waals surface area contributed by atoms with E-state index in [1.54, 1.807) is 48.5 Å². The van der Waals surface area contributed by atoms with Crippen LogP contribution in [0.1, 0.15) is 16.7 Å². The quantitative estimate of drug-likeness (QED) is 0.615. The lowest BCUT2D eigenvalue weighted by molar-refractivity contribution is 0.598. The van der Waals surface area contributed by atoms with Crippen LogP contribution in [0, 0.1) is 6.92 Å². The Hall–Kier alpha value is -2.43. The summed E-state index contributed by atoms with van der Waals surface area (Å²) in [6.45, 7) is 1.90. The van der Waals surface area contributed by atoms with E-state index in [2.05, 4.69) is 4.40 Å². The lowest BCUT2D eigenvalue weighted by Crippen LogP contribution is -2.08. The van der Waals surface area contributed by atoms with Gasteiger partial charge in [-0.15, -0.1) is 0 Å². The molecule has 3 aromatic rings. The zero-order valence-electron chi connectivity index (χ0n) is 13.6. The third-order valence-corrected chi connectivity index (χ3v) is 5.20. The van der Waals surface area contributed by atoms with E-state index in [-0.39, 0.29) is 4.90 Å². The lowest BCUT2D eigenvalue weighted by Gasteiger charge is -2.08. The largest absolute Gasteiger partial charge is 0.282 e. The molecule has 3 aromatic carbocycles. The third kappa shape index (κ3) is 4.16. The Balaban J connectivity index is 2.17. The predicted octanol–water partition coefficient (Wildman–Crippen LogP) is 4.87. The number of benzene rings is 3. The van der Waals surface area contributed by atoms with Gasteiger partial charge in [0.2, 0.25) is 0 Å². The fourth-order valence-electron chi connectivity index (χ4n) is 2.39. The van der Waals surface area contributed by atoms with E-state index in [4.69, 9.17) is 11.6 Å². The van der Waals surface area contributed by atoms with Crippen LogP contribution in [-0.4, -0.2) is 14.1 Å². The summed E-state index contributed by atoms with van der Waals surface area (Å²) in [5, 5.41) is 0.522. The van der Waals surface area contributed by atoms with Gasteiger partial charge in [0, 0.05) is 16.1 Å². The minimum absolute atomic E-state index is 0.161. The number of hydrogen-bond acceptors (Lipinski definition) is 2. The summed E-state index contributed by atoms with van der Waals surface area (Å²) in [5.41, 5.74) is 2.71. The predicted molar refractivity (Wildman–Crippen MR) is 102 cm³/mol. The summed E-state index contributed by atoms with van der Waals surface area (Å²) < 4.78 is 29.7. The van der Waals surface area contributed by atoms with E-state index < -0.39 is 10.0 Å². The molecule has 0 aromatic heterocycles. The van der Waals surface area contributed by atoms with Crippen LogP contribution >= 0.6 is 11.6 Å². The first kappa shape index (κ1) is 17.4. The van der Waals surface area contributed by atoms with Crippen LogP contribution in [0.25, 0.3) is 0 Å². The maximum Gasteiger partial charge on any atom is 0.282 e. The van der Waals surface area contributed by atoms with Crippen molar-refractivity contribution < 1.29 is 8.42 Å². The fourth-order valence-corrected chi connectivity index (χ4v) is 3.61. The second-order valence-corrected chi connectivity index (χ2v) is 7.64. The Bertz CT molecular complexity index is 1010. The zero-order valence-corrected chi connectivity index (χ0v) is 15.1. The number of sulfonamides is 1. The van der Waals surface area contributed by atoms with E-state index >= 15 is 0 Å². The summed E-state index contributed by atoms with van der Waals surface area (Å²) in [5.74, 6) is 0. The fraction of sp³-hybridized carbons (Fsp3) is 0.0500. The van der Waals surface area contributed by atoms with Crippen molar-refractivity contribution in [1.29, 1.82) is 0 Å². The average molecular weight is 370 g/mol. The van der Waals surface area contributed by atoms with Gasteiger partial charge in [-0.3, -0.25) is 0 Å². The monoisotopic (exact) mass is 369 g/mol. The highest BCUT2D eigenvalue weighted by Crippen LogP contribution is 2.20. The van der Waals surface area contributed by atoms with Crippen molar-refractivity contribution in [2.24, 2.45) is 4.40 Å². The van der Waals surface area contributed by atoms with Crippen LogP contribution in [0.5, 0.6) is 0 Å². The van der Waals surface area contributed by atoms with Crippen molar-refractivity contribution >= 4 is 27.3 Å². The van der Waals surface area contributed by atoms with Gasteiger partial charge in [0.05, 0.1) is 10.6 Å². The van der Waals surface area contributed by atoms with Gasteiger partial charge >= 0.3 is 0 Å². The Morgan fingerprint density at radius 2 is 1.48 bits per heavy atom. The SMILES string of the molecule is Cc1ccc(S(=O)(=O)/N=C(/c2ccccc2)c2cccc(Cl)c2)cc1. The molecule has 126 valence electrons. The van der Waals surface area contributed by atoms with Gasteiger partial charge in [-0.1, -0.05) is 71.8 Å². The third-order valence-electron chi connectivity index (χ3n) is 3.68. The molecule has 3 rings (SSSR count). The van der Waals surface area contributed by atoms with Gasteiger partial charge < -0.3 is 0 Å². The smallest absolute Gasteiger partial charge is 0.199 e. The van der Waals surface area contributed by atoms with Gasteiger partial charge in [0.25, 0.3) is 10.0 Å². The summed E-state index contributed by atoms with van der Waals surface area (Å²) in [6, 6.07) is 22.8. The molecule has 0 fully saturated rings. The topological polar surface area (TPSA) is 46.5 Å². The number of aryl methyl sites for hydroxylation is 1. The Morgan fingerprint density at radius 1 is 0.840 bits per heavy atom. The second-order valence-electron chi connectivity index (χ2n) is 5.60. The highest BCUT2D eigenvalue weighted by atomic mass is 35.5. The molecule has 0 aliphatic heterocycles. The molecule has 0 N–H and O–H groups in total. The van der Waals surface area contributed by atoms with E-state index in [9.17, 15) is 8.42 Å². The Kier molecular flexibility index (Phi) is 5.02. The molecule has 0 aliphatic rings. The van der Waals surface area contributed by atoms with Crippen molar-refractivity contribution in [3.05, 3.63) is 101 Å². The maximum absolute atomic E-state index is 12.8. The highest BCUT2D eigenvalue weighted by molar-refractivity contribution is 7.90. The number of halogens is 1. The van der Waals surface area contributed by atoms with Crippen molar-refractivity contribution in [3.8, 4) is 0 Å². The maximum atomic E-state index is 12.8. The van der Waals surface area contributed by atoms with Crippen molar-refractivity contribution in [1.82, 2.24) is 0 Å². The highest BCUT2D eigenvalue weighted by Gasteiger charge is 2.17. The van der Waals surface area contributed by atoms with E-state index in [1.807, 2.05) is 37.3 Å². The molecule has 0 radical (unpaired) electrons. The van der Waals surface area contributed by atoms with Crippen molar-refractivity contribution in [2.45, 2.75) is 11.8 Å². The van der Waals surface area contributed by atoms with Crippen LogP contribution < -0.4 is 0 Å². The van der Waals surface area contributed by atoms with Crippen LogP contribution in [0.4, 0.5) is 0 Å². The first-order valence-corrected chi connectivity index (χ1v) is 9.50. The summed E-state index contributed by atoms with van der Waals surface area (Å²) in [4.78, 5) is 0.161. The normalized spacial score (nSPS) is 12.2. The molecule has 25 heavy (non-hydrogen) atoms. The molecule has 3 nitrogen and oxygen atoms in total. The molecule has 0 atom stereocenters. The number of hydrogen-bond donors (Lipinski definition) is 0. The van der Waals surface area contributed by atoms with Gasteiger partial charge in [-0.05, 0) is 31.2 Å². The molecule has 0 aliphatic carbocycles. The molecule has 0 heterocycles. The van der Waals surface area contributed by atoms with Crippen LogP contribution in [-0.2, 0) is 10.0 Å². The second kappa shape index (κ2) is 7.21. The molecule has 0 saturated heterocycles. The van der Waals surface area contributed by atoms with Crippen LogP contribution in [0.2, 0.25) is 5.02 Å². The molecule has 0 bridgehead atoms. The summed E-state index contributed by atoms with van der Waals surface area (Å²) in [6.07, 6.45) is 0. The summed E-state index contributed by atoms with van der Waals surface area (Å²) in [7, 11) is -3.84. The minimum Gasteiger partial charge on any atom is -0.199 e. The molecule has 0 amide bonds.